The molecule has 2 N–H and O–H groups in total. The molecule has 10 nitrogen and oxygen atoms in total. The Hall–Kier alpha value is -4.48. The van der Waals surface area contributed by atoms with Crippen molar-refractivity contribution in [2.45, 2.75) is 32.1 Å². The Balaban J connectivity index is 1.81. The predicted molar refractivity (Wildman–Crippen MR) is 161 cm³/mol. The molecule has 0 bridgehead atoms. The number of ketones is 1. The summed E-state index contributed by atoms with van der Waals surface area (Å²) in [5.74, 6) is -4.68. The van der Waals surface area contributed by atoms with Crippen molar-refractivity contribution >= 4 is 52.0 Å². The van der Waals surface area contributed by atoms with Gasteiger partial charge in [0.25, 0.3) is 5.69 Å². The Kier molecular flexibility index (Phi) is 8.65. The third-order valence-electron chi connectivity index (χ3n) is 7.48. The second-order valence-corrected chi connectivity index (χ2v) is 11.3. The van der Waals surface area contributed by atoms with Crippen LogP contribution in [0.1, 0.15) is 42.5 Å². The third-order valence-corrected chi connectivity index (χ3v) is 8.72. The molecule has 0 unspecified atom stereocenters. The van der Waals surface area contributed by atoms with E-state index in [0.717, 1.165) is 4.88 Å². The molecule has 2 aromatic carbocycles. The highest BCUT2D eigenvalue weighted by Gasteiger charge is 2.51. The van der Waals surface area contributed by atoms with Crippen LogP contribution >= 0.6 is 22.9 Å². The molecule has 0 radical (unpaired) electrons. The van der Waals surface area contributed by atoms with Crippen LogP contribution in [0.5, 0.6) is 0 Å². The molecule has 0 spiro atoms. The highest BCUT2D eigenvalue weighted by molar-refractivity contribution is 7.10. The molecule has 0 amide bonds. The minimum Gasteiger partial charge on any atom is -0.465 e. The molecule has 222 valence electrons. The number of nitrogens with zero attached hydrogens (tertiary/aromatic N) is 2. The summed E-state index contributed by atoms with van der Waals surface area (Å²) in [6.45, 7) is 3.45. The number of Topliss-reactive ketones (excluding diaryl/α,β-unsaturated/α-hetero) is 1. The largest absolute Gasteiger partial charge is 0.465 e. The van der Waals surface area contributed by atoms with Crippen LogP contribution in [0, 0.1) is 16.0 Å². The molecule has 0 saturated heterocycles. The van der Waals surface area contributed by atoms with Gasteiger partial charge in [-0.05, 0) is 61.5 Å². The van der Waals surface area contributed by atoms with Crippen LogP contribution in [0.15, 0.2) is 88.7 Å². The number of nitro benzene ring substituents is 1. The minimum atomic E-state index is -1.18. The first-order valence-electron chi connectivity index (χ1n) is 13.6. The summed E-state index contributed by atoms with van der Waals surface area (Å²) >= 11 is 7.79. The zero-order valence-electron chi connectivity index (χ0n) is 23.3. The lowest BCUT2D eigenvalue weighted by Gasteiger charge is -2.43. The second kappa shape index (κ2) is 12.4. The first kappa shape index (κ1) is 30.0. The van der Waals surface area contributed by atoms with E-state index in [2.05, 4.69) is 0 Å². The summed E-state index contributed by atoms with van der Waals surface area (Å²) in [5, 5.41) is 13.6. The van der Waals surface area contributed by atoms with E-state index in [1.54, 1.807) is 43.0 Å². The van der Waals surface area contributed by atoms with Gasteiger partial charge in [0.05, 0.1) is 29.6 Å². The molecule has 1 aliphatic carbocycles. The number of esters is 2. The molecule has 3 atom stereocenters. The van der Waals surface area contributed by atoms with E-state index in [4.69, 9.17) is 26.8 Å². The molecular formula is C31H28ClN3O7S. The molecule has 0 saturated carbocycles. The number of nitro groups is 1. The van der Waals surface area contributed by atoms with Crippen molar-refractivity contribution in [3.8, 4) is 0 Å². The fourth-order valence-corrected chi connectivity index (χ4v) is 6.81. The first-order chi connectivity index (χ1) is 20.7. The number of rotatable bonds is 8. The number of ether oxygens (including phenoxy) is 2. The number of hydrogen-bond donors (Lipinski definition) is 1. The summed E-state index contributed by atoms with van der Waals surface area (Å²) in [6.07, 6.45) is 0.190. The Morgan fingerprint density at radius 3 is 2.42 bits per heavy atom. The van der Waals surface area contributed by atoms with Crippen LogP contribution in [0.25, 0.3) is 0 Å². The molecule has 12 heteroatoms. The third kappa shape index (κ3) is 5.53. The molecule has 1 aliphatic heterocycles. The number of non-ortho nitro benzene ring substituents is 1. The minimum absolute atomic E-state index is 0.00310. The van der Waals surface area contributed by atoms with Gasteiger partial charge in [0, 0.05) is 44.9 Å². The van der Waals surface area contributed by atoms with Gasteiger partial charge >= 0.3 is 11.9 Å². The van der Waals surface area contributed by atoms with Crippen LogP contribution < -0.4 is 10.6 Å². The van der Waals surface area contributed by atoms with Crippen LogP contribution in [0.3, 0.4) is 0 Å². The Morgan fingerprint density at radius 2 is 1.81 bits per heavy atom. The SMILES string of the molecule is CCOC(=O)C1=C(N)N(c2ccc([N+](=O)[O-])cc2)C2=C(C(=O)[C@H](C(=O)OCC)[C@H](c3cccs3)C2)[C@@H]1c1cccc(Cl)c1. The fourth-order valence-electron chi connectivity index (χ4n) is 5.75. The lowest BCUT2D eigenvalue weighted by Crippen LogP contribution is -2.46. The lowest BCUT2D eigenvalue weighted by molar-refractivity contribution is -0.384. The quantitative estimate of drug-likeness (QED) is 0.142. The number of anilines is 1. The molecule has 0 fully saturated rings. The van der Waals surface area contributed by atoms with Gasteiger partial charge in [0.15, 0.2) is 5.78 Å². The number of halogens is 1. The zero-order chi connectivity index (χ0) is 30.8. The molecular weight excluding hydrogens is 594 g/mol. The van der Waals surface area contributed by atoms with E-state index < -0.39 is 40.4 Å². The van der Waals surface area contributed by atoms with Gasteiger partial charge in [-0.25, -0.2) is 4.79 Å². The highest BCUT2D eigenvalue weighted by Crippen LogP contribution is 2.52. The number of allylic oxidation sites excluding steroid dienone is 2. The maximum absolute atomic E-state index is 14.7. The molecule has 2 aliphatic rings. The van der Waals surface area contributed by atoms with Crippen molar-refractivity contribution in [2.24, 2.45) is 11.7 Å². The van der Waals surface area contributed by atoms with Crippen LogP contribution in [-0.2, 0) is 23.9 Å². The first-order valence-corrected chi connectivity index (χ1v) is 14.9. The topological polar surface area (TPSA) is 142 Å². The Morgan fingerprint density at radius 1 is 1.09 bits per heavy atom. The fraction of sp³-hybridized carbons (Fsp3) is 0.258. The van der Waals surface area contributed by atoms with Crippen LogP contribution in [0.2, 0.25) is 5.02 Å². The van der Waals surface area contributed by atoms with E-state index in [-0.39, 0.29) is 42.3 Å². The van der Waals surface area contributed by atoms with Crippen molar-refractivity contribution in [3.05, 3.63) is 114 Å². The van der Waals surface area contributed by atoms with Gasteiger partial charge < -0.3 is 15.2 Å². The van der Waals surface area contributed by atoms with Crippen molar-refractivity contribution in [1.82, 2.24) is 0 Å². The second-order valence-electron chi connectivity index (χ2n) is 9.90. The number of carbonyl (C=O) groups is 3. The van der Waals surface area contributed by atoms with Crippen LogP contribution in [-0.4, -0.2) is 35.9 Å². The number of benzene rings is 2. The number of carbonyl (C=O) groups excluding carboxylic acids is 3. The standard InChI is InChI=1S/C31H28ClN3O7S/c1-3-41-30(37)25-21(23-9-6-14-43-23)16-22-26(28(25)36)24(17-7-5-8-18(32)15-17)27(31(38)42-4-2)29(33)34(22)19-10-12-20(13-11-19)35(39)40/h5-15,21,24-25H,3-4,16,33H2,1-2H3/t21-,24-,25+/m0/s1. The zero-order valence-corrected chi connectivity index (χ0v) is 24.9. The maximum Gasteiger partial charge on any atom is 0.338 e. The summed E-state index contributed by atoms with van der Waals surface area (Å²) in [6, 6.07) is 16.1. The highest BCUT2D eigenvalue weighted by atomic mass is 35.5. The van der Waals surface area contributed by atoms with Crippen molar-refractivity contribution in [1.29, 1.82) is 0 Å². The van der Waals surface area contributed by atoms with E-state index >= 15 is 0 Å². The maximum atomic E-state index is 14.7. The number of hydrogen-bond acceptors (Lipinski definition) is 10. The molecule has 43 heavy (non-hydrogen) atoms. The average molecular weight is 622 g/mol. The predicted octanol–water partition coefficient (Wildman–Crippen LogP) is 5.84. The molecule has 1 aromatic heterocycles. The van der Waals surface area contributed by atoms with Gasteiger partial charge in [0.2, 0.25) is 0 Å². The van der Waals surface area contributed by atoms with Gasteiger partial charge in [-0.3, -0.25) is 24.6 Å². The van der Waals surface area contributed by atoms with Gasteiger partial charge in [0.1, 0.15) is 11.7 Å². The molecule has 2 heterocycles. The van der Waals surface area contributed by atoms with Crippen molar-refractivity contribution in [3.63, 3.8) is 0 Å². The van der Waals surface area contributed by atoms with E-state index in [0.29, 0.717) is 22.0 Å². The summed E-state index contributed by atoms with van der Waals surface area (Å²) in [7, 11) is 0. The lowest BCUT2D eigenvalue weighted by atomic mass is 9.68. The Labute approximate surface area is 256 Å². The van der Waals surface area contributed by atoms with Gasteiger partial charge in [-0.2, -0.15) is 0 Å². The summed E-state index contributed by atoms with van der Waals surface area (Å²) < 4.78 is 10.8. The number of nitrogens with two attached hydrogens (primary N) is 1. The van der Waals surface area contributed by atoms with Crippen LogP contribution in [0.4, 0.5) is 11.4 Å². The van der Waals surface area contributed by atoms with E-state index in [9.17, 15) is 24.5 Å². The average Bonchev–Trinajstić information content (AvgIpc) is 3.52. The van der Waals surface area contributed by atoms with Gasteiger partial charge in [-0.1, -0.05) is 29.8 Å². The summed E-state index contributed by atoms with van der Waals surface area (Å²) in [5.41, 5.74) is 8.23. The van der Waals surface area contributed by atoms with Gasteiger partial charge in [-0.15, -0.1) is 11.3 Å². The normalized spacial score (nSPS) is 20.1. The molecule has 5 rings (SSSR count). The number of thiophene rings is 1. The van der Waals surface area contributed by atoms with Crippen molar-refractivity contribution < 1.29 is 28.8 Å². The smallest absolute Gasteiger partial charge is 0.338 e. The van der Waals surface area contributed by atoms with Crippen molar-refractivity contribution in [2.75, 3.05) is 18.1 Å². The monoisotopic (exact) mass is 621 g/mol. The molecule has 3 aromatic rings. The summed E-state index contributed by atoms with van der Waals surface area (Å²) in [4.78, 5) is 55.0. The van der Waals surface area contributed by atoms with E-state index in [1.165, 1.54) is 35.6 Å². The van der Waals surface area contributed by atoms with E-state index in [1.807, 2.05) is 17.5 Å². The Bertz CT molecular complexity index is 1650.